The highest BCUT2D eigenvalue weighted by molar-refractivity contribution is 9.10. The van der Waals surface area contributed by atoms with Crippen molar-refractivity contribution in [3.05, 3.63) is 34.8 Å². The van der Waals surface area contributed by atoms with E-state index in [1.54, 1.807) is 12.1 Å². The summed E-state index contributed by atoms with van der Waals surface area (Å²) in [4.78, 5) is 0. The Morgan fingerprint density at radius 1 is 1.46 bits per heavy atom. The molecule has 0 fully saturated rings. The molecular formula is C9H7BrF2O. The van der Waals surface area contributed by atoms with Crippen molar-refractivity contribution < 1.29 is 13.5 Å². The smallest absolute Gasteiger partial charge is 0.387 e. The second-order valence-corrected chi connectivity index (χ2v) is 3.18. The number of rotatable bonds is 3. The fourth-order valence-corrected chi connectivity index (χ4v) is 1.26. The molecule has 4 heteroatoms. The summed E-state index contributed by atoms with van der Waals surface area (Å²) in [7, 11) is 0. The maximum absolute atomic E-state index is 11.9. The molecule has 0 saturated carbocycles. The van der Waals surface area contributed by atoms with Gasteiger partial charge in [-0.3, -0.25) is 0 Å². The summed E-state index contributed by atoms with van der Waals surface area (Å²) in [5.74, 6) is 0.133. The SMILES string of the molecule is C=Cc1cc(Br)ccc1OC(F)F. The Hall–Kier alpha value is -0.900. The lowest BCUT2D eigenvalue weighted by molar-refractivity contribution is -0.0499. The van der Waals surface area contributed by atoms with Crippen molar-refractivity contribution in [1.82, 2.24) is 0 Å². The molecule has 0 aliphatic carbocycles. The van der Waals surface area contributed by atoms with Gasteiger partial charge in [0.05, 0.1) is 0 Å². The van der Waals surface area contributed by atoms with Gasteiger partial charge in [-0.25, -0.2) is 0 Å². The molecule has 0 N–H and O–H groups in total. The van der Waals surface area contributed by atoms with Gasteiger partial charge in [-0.1, -0.05) is 28.6 Å². The minimum atomic E-state index is -2.81. The van der Waals surface area contributed by atoms with Crippen molar-refractivity contribution in [2.75, 3.05) is 0 Å². The van der Waals surface area contributed by atoms with Gasteiger partial charge in [0.15, 0.2) is 0 Å². The average Bonchev–Trinajstić information content (AvgIpc) is 2.07. The summed E-state index contributed by atoms with van der Waals surface area (Å²) in [5.41, 5.74) is 0.537. The summed E-state index contributed by atoms with van der Waals surface area (Å²) in [6.45, 7) is 0.689. The summed E-state index contributed by atoms with van der Waals surface area (Å²) >= 11 is 3.21. The maximum atomic E-state index is 11.9. The van der Waals surface area contributed by atoms with Crippen molar-refractivity contribution in [3.8, 4) is 5.75 Å². The molecule has 1 nitrogen and oxygen atoms in total. The van der Waals surface area contributed by atoms with E-state index in [9.17, 15) is 8.78 Å². The van der Waals surface area contributed by atoms with Crippen LogP contribution in [0.5, 0.6) is 5.75 Å². The van der Waals surface area contributed by atoms with Crippen LogP contribution in [0, 0.1) is 0 Å². The van der Waals surface area contributed by atoms with Crippen molar-refractivity contribution in [2.24, 2.45) is 0 Å². The van der Waals surface area contributed by atoms with Crippen LogP contribution >= 0.6 is 15.9 Å². The van der Waals surface area contributed by atoms with Crippen LogP contribution < -0.4 is 4.74 Å². The Morgan fingerprint density at radius 2 is 2.15 bits per heavy atom. The molecule has 1 aromatic carbocycles. The molecule has 1 aromatic rings. The third kappa shape index (κ3) is 2.81. The van der Waals surface area contributed by atoms with Gasteiger partial charge in [-0.2, -0.15) is 8.78 Å². The van der Waals surface area contributed by atoms with Gasteiger partial charge in [0, 0.05) is 10.0 Å². The Morgan fingerprint density at radius 3 is 2.69 bits per heavy atom. The van der Waals surface area contributed by atoms with Gasteiger partial charge >= 0.3 is 6.61 Å². The number of halogens is 3. The first-order valence-corrected chi connectivity index (χ1v) is 4.29. The molecule has 0 spiro atoms. The highest BCUT2D eigenvalue weighted by Crippen LogP contribution is 2.25. The first kappa shape index (κ1) is 10.2. The van der Waals surface area contributed by atoms with Crippen LogP contribution in [0.4, 0.5) is 8.78 Å². The zero-order valence-corrected chi connectivity index (χ0v) is 8.22. The largest absolute Gasteiger partial charge is 0.434 e. The normalized spacial score (nSPS) is 10.2. The third-order valence-electron chi connectivity index (χ3n) is 1.41. The summed E-state index contributed by atoms with van der Waals surface area (Å²) in [5, 5.41) is 0. The molecule has 0 aliphatic heterocycles. The molecule has 1 rings (SSSR count). The standard InChI is InChI=1S/C9H7BrF2O/c1-2-6-5-7(10)3-4-8(6)13-9(11)12/h2-5,9H,1H2. The van der Waals surface area contributed by atoms with Crippen molar-refractivity contribution in [1.29, 1.82) is 0 Å². The van der Waals surface area contributed by atoms with Gasteiger partial charge in [0.2, 0.25) is 0 Å². The highest BCUT2D eigenvalue weighted by Gasteiger charge is 2.07. The molecule has 0 aromatic heterocycles. The minimum Gasteiger partial charge on any atom is -0.434 e. The van der Waals surface area contributed by atoms with Gasteiger partial charge in [-0.05, 0) is 18.2 Å². The second-order valence-electron chi connectivity index (χ2n) is 2.26. The lowest BCUT2D eigenvalue weighted by Crippen LogP contribution is -2.02. The van der Waals surface area contributed by atoms with Crippen LogP contribution in [0.3, 0.4) is 0 Å². The van der Waals surface area contributed by atoms with E-state index in [1.807, 2.05) is 0 Å². The van der Waals surface area contributed by atoms with E-state index < -0.39 is 6.61 Å². The molecule has 0 aliphatic rings. The predicted molar refractivity (Wildman–Crippen MR) is 50.9 cm³/mol. The fraction of sp³-hybridized carbons (Fsp3) is 0.111. The Bertz CT molecular complexity index is 312. The van der Waals surface area contributed by atoms with Crippen LogP contribution in [0.15, 0.2) is 29.3 Å². The Balaban J connectivity index is 2.99. The number of alkyl halides is 2. The number of ether oxygens (including phenoxy) is 1. The molecule has 0 saturated heterocycles. The molecule has 0 heterocycles. The van der Waals surface area contributed by atoms with Gasteiger partial charge in [0.25, 0.3) is 0 Å². The van der Waals surface area contributed by atoms with Gasteiger partial charge < -0.3 is 4.74 Å². The average molecular weight is 249 g/mol. The van der Waals surface area contributed by atoms with Crippen LogP contribution in [0.2, 0.25) is 0 Å². The van der Waals surface area contributed by atoms with Crippen LogP contribution in [-0.4, -0.2) is 6.61 Å². The molecular weight excluding hydrogens is 242 g/mol. The molecule has 0 radical (unpaired) electrons. The van der Waals surface area contributed by atoms with Gasteiger partial charge in [-0.15, -0.1) is 0 Å². The Labute approximate surface area is 83.1 Å². The Kier molecular flexibility index (Phi) is 3.42. The lowest BCUT2D eigenvalue weighted by Gasteiger charge is -2.07. The second kappa shape index (κ2) is 4.37. The molecule has 70 valence electrons. The zero-order valence-electron chi connectivity index (χ0n) is 6.64. The minimum absolute atomic E-state index is 0.133. The first-order valence-electron chi connectivity index (χ1n) is 3.50. The van der Waals surface area contributed by atoms with E-state index in [0.717, 1.165) is 4.47 Å². The van der Waals surface area contributed by atoms with E-state index in [-0.39, 0.29) is 5.75 Å². The van der Waals surface area contributed by atoms with Crippen LogP contribution in [0.25, 0.3) is 6.08 Å². The predicted octanol–water partition coefficient (Wildman–Crippen LogP) is 3.69. The van der Waals surface area contributed by atoms with Crippen molar-refractivity contribution in [2.45, 2.75) is 6.61 Å². The number of hydrogen-bond donors (Lipinski definition) is 0. The third-order valence-corrected chi connectivity index (χ3v) is 1.90. The van der Waals surface area contributed by atoms with E-state index in [4.69, 9.17) is 0 Å². The van der Waals surface area contributed by atoms with E-state index in [0.29, 0.717) is 5.56 Å². The maximum Gasteiger partial charge on any atom is 0.387 e. The molecule has 13 heavy (non-hydrogen) atoms. The van der Waals surface area contributed by atoms with Gasteiger partial charge in [0.1, 0.15) is 5.75 Å². The van der Waals surface area contributed by atoms with Crippen LogP contribution in [-0.2, 0) is 0 Å². The highest BCUT2D eigenvalue weighted by atomic mass is 79.9. The van der Waals surface area contributed by atoms with Crippen molar-refractivity contribution in [3.63, 3.8) is 0 Å². The fourth-order valence-electron chi connectivity index (χ4n) is 0.882. The molecule has 0 bridgehead atoms. The molecule has 0 unspecified atom stereocenters. The monoisotopic (exact) mass is 248 g/mol. The van der Waals surface area contributed by atoms with Crippen molar-refractivity contribution >= 4 is 22.0 Å². The van der Waals surface area contributed by atoms with Crippen LogP contribution in [0.1, 0.15) is 5.56 Å². The summed E-state index contributed by atoms with van der Waals surface area (Å²) in [6, 6.07) is 4.75. The quantitative estimate of drug-likeness (QED) is 0.793. The number of hydrogen-bond acceptors (Lipinski definition) is 1. The zero-order chi connectivity index (χ0) is 9.84. The lowest BCUT2D eigenvalue weighted by atomic mass is 10.2. The molecule has 0 amide bonds. The number of benzene rings is 1. The summed E-state index contributed by atoms with van der Waals surface area (Å²) < 4.78 is 28.8. The van der Waals surface area contributed by atoms with E-state index >= 15 is 0 Å². The first-order chi connectivity index (χ1) is 6.13. The van der Waals surface area contributed by atoms with E-state index in [2.05, 4.69) is 27.2 Å². The molecule has 0 atom stereocenters. The summed E-state index contributed by atoms with van der Waals surface area (Å²) in [6.07, 6.45) is 1.46. The van der Waals surface area contributed by atoms with E-state index in [1.165, 1.54) is 12.1 Å². The topological polar surface area (TPSA) is 9.23 Å².